The van der Waals surface area contributed by atoms with E-state index in [-0.39, 0.29) is 12.4 Å². The van der Waals surface area contributed by atoms with Gasteiger partial charge in [0.1, 0.15) is 11.8 Å². The number of pyridine rings is 1. The first-order valence-electron chi connectivity index (χ1n) is 8.36. The predicted octanol–water partition coefficient (Wildman–Crippen LogP) is 1.49. The molecule has 0 aliphatic carbocycles. The van der Waals surface area contributed by atoms with Crippen molar-refractivity contribution in [3.8, 4) is 5.75 Å². The maximum atomic E-state index is 10.2. The summed E-state index contributed by atoms with van der Waals surface area (Å²) >= 11 is 1.78. The second kappa shape index (κ2) is 7.88. The highest BCUT2D eigenvalue weighted by atomic mass is 32.1. The molecule has 1 aliphatic rings. The van der Waals surface area contributed by atoms with E-state index in [2.05, 4.69) is 27.5 Å². The van der Waals surface area contributed by atoms with Crippen LogP contribution in [0.4, 0.5) is 0 Å². The summed E-state index contributed by atoms with van der Waals surface area (Å²) in [4.78, 5) is 11.7. The van der Waals surface area contributed by atoms with Crippen molar-refractivity contribution in [2.75, 3.05) is 19.6 Å². The molecule has 5 nitrogen and oxygen atoms in total. The Balaban J connectivity index is 1.80. The number of aliphatic hydroxyl groups excluding tert-OH is 1. The van der Waals surface area contributed by atoms with Crippen LogP contribution in [0.25, 0.3) is 0 Å². The minimum absolute atomic E-state index is 0.103. The Kier molecular flexibility index (Phi) is 5.60. The number of likely N-dealkylation sites (tertiary alicyclic amines) is 1. The van der Waals surface area contributed by atoms with Crippen molar-refractivity contribution in [2.45, 2.75) is 32.4 Å². The predicted molar refractivity (Wildman–Crippen MR) is 96.0 cm³/mol. The Morgan fingerprint density at radius 2 is 2.21 bits per heavy atom. The number of thiophene rings is 1. The Labute approximate surface area is 146 Å². The number of aromatic nitrogens is 1. The van der Waals surface area contributed by atoms with E-state index < -0.39 is 0 Å². The largest absolute Gasteiger partial charge is 0.505 e. The number of nitrogens with zero attached hydrogens (tertiary/aromatic N) is 2. The summed E-state index contributed by atoms with van der Waals surface area (Å²) in [5.74, 6) is 0.103. The Morgan fingerprint density at radius 1 is 1.42 bits per heavy atom. The van der Waals surface area contributed by atoms with Crippen LogP contribution in [0.15, 0.2) is 28.7 Å². The van der Waals surface area contributed by atoms with Crippen molar-refractivity contribution in [2.24, 2.45) is 4.99 Å². The van der Waals surface area contributed by atoms with Crippen molar-refractivity contribution in [3.63, 3.8) is 0 Å². The van der Waals surface area contributed by atoms with Crippen LogP contribution >= 0.6 is 11.3 Å². The third-order valence-corrected chi connectivity index (χ3v) is 5.65. The summed E-state index contributed by atoms with van der Waals surface area (Å²) in [6.45, 7) is 4.66. The van der Waals surface area contributed by atoms with E-state index in [0.29, 0.717) is 29.4 Å². The van der Waals surface area contributed by atoms with Crippen LogP contribution in [0.5, 0.6) is 5.75 Å². The number of aliphatic hydroxyl groups is 1. The Bertz CT molecular complexity index is 695. The van der Waals surface area contributed by atoms with Crippen molar-refractivity contribution in [1.82, 2.24) is 4.98 Å². The van der Waals surface area contributed by atoms with Crippen molar-refractivity contribution >= 4 is 17.6 Å². The van der Waals surface area contributed by atoms with E-state index >= 15 is 0 Å². The van der Waals surface area contributed by atoms with Crippen molar-refractivity contribution in [1.29, 1.82) is 0 Å². The van der Waals surface area contributed by atoms with Gasteiger partial charge in [0.2, 0.25) is 0 Å². The van der Waals surface area contributed by atoms with Crippen LogP contribution in [0.2, 0.25) is 0 Å². The Hall–Kier alpha value is -1.76. The molecule has 3 N–H and O–H groups in total. The van der Waals surface area contributed by atoms with Crippen LogP contribution in [-0.2, 0) is 6.61 Å². The lowest BCUT2D eigenvalue weighted by molar-refractivity contribution is -0.917. The minimum Gasteiger partial charge on any atom is -0.505 e. The second-order valence-electron chi connectivity index (χ2n) is 6.22. The lowest BCUT2D eigenvalue weighted by Gasteiger charge is -2.22. The molecule has 2 aromatic rings. The van der Waals surface area contributed by atoms with E-state index in [1.165, 1.54) is 30.8 Å². The number of nitrogens with one attached hydrogen (secondary N) is 1. The summed E-state index contributed by atoms with van der Waals surface area (Å²) < 4.78 is 0. The van der Waals surface area contributed by atoms with Gasteiger partial charge in [0.25, 0.3) is 0 Å². The highest BCUT2D eigenvalue weighted by molar-refractivity contribution is 7.10. The van der Waals surface area contributed by atoms with Gasteiger partial charge in [-0.25, -0.2) is 0 Å². The summed E-state index contributed by atoms with van der Waals surface area (Å²) in [5.41, 5.74) is 1.73. The number of aromatic hydroxyl groups is 1. The molecule has 3 rings (SSSR count). The molecule has 0 unspecified atom stereocenters. The van der Waals surface area contributed by atoms with Gasteiger partial charge in [0.15, 0.2) is 0 Å². The molecule has 0 saturated carbocycles. The average molecular weight is 346 g/mol. The van der Waals surface area contributed by atoms with Gasteiger partial charge in [0, 0.05) is 36.4 Å². The molecule has 0 radical (unpaired) electrons. The van der Waals surface area contributed by atoms with Crippen LogP contribution in [0, 0.1) is 6.92 Å². The fourth-order valence-electron chi connectivity index (χ4n) is 3.26. The molecular weight excluding hydrogens is 322 g/mol. The molecule has 3 heterocycles. The molecule has 0 spiro atoms. The lowest BCUT2D eigenvalue weighted by Crippen LogP contribution is -3.10. The number of aliphatic imine (C=N–C) groups is 1. The van der Waals surface area contributed by atoms with Gasteiger partial charge in [-0.2, -0.15) is 0 Å². The molecule has 1 atom stereocenters. The van der Waals surface area contributed by atoms with Crippen LogP contribution in [0.1, 0.15) is 40.6 Å². The fourth-order valence-corrected chi connectivity index (χ4v) is 4.14. The van der Waals surface area contributed by atoms with E-state index in [1.807, 2.05) is 0 Å². The van der Waals surface area contributed by atoms with Crippen molar-refractivity contribution < 1.29 is 15.1 Å². The van der Waals surface area contributed by atoms with Crippen LogP contribution in [0.3, 0.4) is 0 Å². The smallest absolute Gasteiger partial charge is 0.145 e. The molecule has 0 aromatic carbocycles. The van der Waals surface area contributed by atoms with Gasteiger partial charge >= 0.3 is 0 Å². The molecule has 0 bridgehead atoms. The maximum absolute atomic E-state index is 10.2. The van der Waals surface area contributed by atoms with E-state index in [4.69, 9.17) is 0 Å². The number of hydrogen-bond donors (Lipinski definition) is 3. The van der Waals surface area contributed by atoms with Crippen LogP contribution < -0.4 is 4.90 Å². The quantitative estimate of drug-likeness (QED) is 0.694. The molecule has 1 saturated heterocycles. The first-order chi connectivity index (χ1) is 11.7. The van der Waals surface area contributed by atoms with Gasteiger partial charge in [-0.1, -0.05) is 6.07 Å². The number of aryl methyl sites for hydroxylation is 1. The summed E-state index contributed by atoms with van der Waals surface area (Å²) in [6.07, 6.45) is 5.84. The SMILES string of the molecule is Cc1ncc(CO)c(C=NC[C@H](c2cccs2)[NH+]2CCCC2)c1O. The normalized spacial score (nSPS) is 16.9. The molecule has 2 aromatic heterocycles. The first kappa shape index (κ1) is 17.1. The molecule has 128 valence electrons. The van der Waals surface area contributed by atoms with E-state index in [1.54, 1.807) is 35.6 Å². The van der Waals surface area contributed by atoms with Crippen molar-refractivity contribution in [3.05, 3.63) is 45.4 Å². The zero-order valence-electron chi connectivity index (χ0n) is 13.9. The third-order valence-electron chi connectivity index (χ3n) is 4.66. The zero-order valence-corrected chi connectivity index (χ0v) is 14.7. The highest BCUT2D eigenvalue weighted by Crippen LogP contribution is 2.22. The summed E-state index contributed by atoms with van der Waals surface area (Å²) in [7, 11) is 0. The molecule has 24 heavy (non-hydrogen) atoms. The second-order valence-corrected chi connectivity index (χ2v) is 7.20. The van der Waals surface area contributed by atoms with Gasteiger partial charge in [0.05, 0.1) is 36.8 Å². The topological polar surface area (TPSA) is 70.2 Å². The minimum atomic E-state index is -0.159. The summed E-state index contributed by atoms with van der Waals surface area (Å²) in [6, 6.07) is 4.64. The molecule has 1 aliphatic heterocycles. The number of hydrogen-bond acceptors (Lipinski definition) is 5. The van der Waals surface area contributed by atoms with Crippen LogP contribution in [-0.4, -0.2) is 41.0 Å². The maximum Gasteiger partial charge on any atom is 0.145 e. The van der Waals surface area contributed by atoms with E-state index in [0.717, 1.165) is 0 Å². The lowest BCUT2D eigenvalue weighted by atomic mass is 10.1. The molecule has 6 heteroatoms. The zero-order chi connectivity index (χ0) is 16.9. The number of quaternary nitrogens is 1. The third kappa shape index (κ3) is 3.66. The standard InChI is InChI=1S/C18H23N3O2S/c1-13-18(23)15(14(12-22)9-20-13)10-19-11-16(17-5-4-8-24-17)21-6-2-3-7-21/h4-5,8-10,16,22-23H,2-3,6-7,11-12H2,1H3/p+1/t16-/m1/s1. The van der Waals surface area contributed by atoms with Gasteiger partial charge in [-0.3, -0.25) is 9.98 Å². The first-order valence-corrected chi connectivity index (χ1v) is 9.24. The number of rotatable bonds is 6. The molecule has 0 amide bonds. The van der Waals surface area contributed by atoms with Gasteiger partial charge in [-0.15, -0.1) is 11.3 Å². The van der Waals surface area contributed by atoms with Gasteiger partial charge < -0.3 is 15.1 Å². The monoisotopic (exact) mass is 346 g/mol. The Morgan fingerprint density at radius 3 is 2.88 bits per heavy atom. The van der Waals surface area contributed by atoms with Gasteiger partial charge in [-0.05, 0) is 18.4 Å². The molecule has 1 fully saturated rings. The van der Waals surface area contributed by atoms with E-state index in [9.17, 15) is 10.2 Å². The average Bonchev–Trinajstić information content (AvgIpc) is 3.29. The molecular formula is C18H24N3O2S+. The highest BCUT2D eigenvalue weighted by Gasteiger charge is 2.27. The summed E-state index contributed by atoms with van der Waals surface area (Å²) in [5, 5.41) is 21.8. The fraction of sp³-hybridized carbons (Fsp3) is 0.444.